The third-order valence-electron chi connectivity index (χ3n) is 5.67. The first-order valence-electron chi connectivity index (χ1n) is 13.6. The van der Waals surface area contributed by atoms with Crippen LogP contribution in [0.15, 0.2) is 18.7 Å². The molecule has 0 saturated carbocycles. The second kappa shape index (κ2) is 18.4. The summed E-state index contributed by atoms with van der Waals surface area (Å²) in [7, 11) is -5.40. The largest absolute Gasteiger partial charge is 0.501 e. The van der Waals surface area contributed by atoms with Crippen LogP contribution in [0.1, 0.15) is 74.1 Å². The number of rotatable bonds is 23. The molecule has 0 aliphatic rings. The predicted octanol–water partition coefficient (Wildman–Crippen LogP) is 4.87. The van der Waals surface area contributed by atoms with Crippen molar-refractivity contribution >= 4 is 17.6 Å². The SMILES string of the molecule is CCCC(CC[Si](OCC)(OCC)OCC)N(CCC[Si](OCC)(OCC)OCC)n1ccnc1. The molecular weight excluding hydrogens is 482 g/mol. The zero-order chi connectivity index (χ0) is 26.0. The first-order chi connectivity index (χ1) is 17.0. The summed E-state index contributed by atoms with van der Waals surface area (Å²) in [6.07, 6.45) is 9.67. The van der Waals surface area contributed by atoms with Crippen molar-refractivity contribution in [3.8, 4) is 0 Å². The molecule has 1 aromatic rings. The average Bonchev–Trinajstić information content (AvgIpc) is 3.36. The first kappa shape index (κ1) is 32.2. The highest BCUT2D eigenvalue weighted by Gasteiger charge is 2.42. The average molecular weight is 534 g/mol. The van der Waals surface area contributed by atoms with Crippen molar-refractivity contribution in [2.24, 2.45) is 0 Å². The van der Waals surface area contributed by atoms with Gasteiger partial charge in [0.15, 0.2) is 0 Å². The lowest BCUT2D eigenvalue weighted by molar-refractivity contribution is 0.0700. The number of nitrogens with zero attached hydrogens (tertiary/aromatic N) is 3. The summed E-state index contributed by atoms with van der Waals surface area (Å²) in [5.74, 6) is 0. The topological polar surface area (TPSA) is 76.4 Å². The van der Waals surface area contributed by atoms with E-state index in [9.17, 15) is 0 Å². The fraction of sp³-hybridized carbons (Fsp3) is 0.875. The molecule has 1 rings (SSSR count). The fourth-order valence-electron chi connectivity index (χ4n) is 4.47. The second-order valence-corrected chi connectivity index (χ2v) is 13.6. The van der Waals surface area contributed by atoms with Gasteiger partial charge in [-0.1, -0.05) is 13.3 Å². The molecule has 35 heavy (non-hydrogen) atoms. The van der Waals surface area contributed by atoms with Gasteiger partial charge in [0.1, 0.15) is 6.33 Å². The maximum absolute atomic E-state index is 6.13. The molecule has 0 amide bonds. The molecule has 0 saturated heterocycles. The molecule has 1 atom stereocenters. The third kappa shape index (κ3) is 11.0. The fourth-order valence-corrected chi connectivity index (χ4v) is 9.75. The minimum Gasteiger partial charge on any atom is -0.374 e. The smallest absolute Gasteiger partial charge is 0.374 e. The van der Waals surface area contributed by atoms with Gasteiger partial charge in [-0.05, 0) is 60.8 Å². The summed E-state index contributed by atoms with van der Waals surface area (Å²) < 4.78 is 38.7. The van der Waals surface area contributed by atoms with Crippen LogP contribution >= 0.6 is 0 Å². The summed E-state index contributed by atoms with van der Waals surface area (Å²) >= 11 is 0. The van der Waals surface area contributed by atoms with Crippen LogP contribution in [0.3, 0.4) is 0 Å². The van der Waals surface area contributed by atoms with E-state index >= 15 is 0 Å². The first-order valence-corrected chi connectivity index (χ1v) is 17.4. The molecule has 0 spiro atoms. The highest BCUT2D eigenvalue weighted by atomic mass is 28.4. The molecule has 0 fully saturated rings. The van der Waals surface area contributed by atoms with Crippen LogP contribution in [-0.2, 0) is 26.6 Å². The molecule has 0 aliphatic carbocycles. The van der Waals surface area contributed by atoms with E-state index in [2.05, 4.69) is 21.6 Å². The monoisotopic (exact) mass is 533 g/mol. The molecule has 0 radical (unpaired) electrons. The van der Waals surface area contributed by atoms with Gasteiger partial charge in [0.25, 0.3) is 0 Å². The van der Waals surface area contributed by atoms with E-state index in [1.807, 2.05) is 60.3 Å². The van der Waals surface area contributed by atoms with Gasteiger partial charge in [0, 0.05) is 76.7 Å². The van der Waals surface area contributed by atoms with Crippen LogP contribution in [0, 0.1) is 0 Å². The third-order valence-corrected chi connectivity index (χ3v) is 11.9. The van der Waals surface area contributed by atoms with Crippen molar-refractivity contribution in [3.63, 3.8) is 0 Å². The van der Waals surface area contributed by atoms with Gasteiger partial charge in [-0.25, -0.2) is 4.98 Å². The molecule has 1 aromatic heterocycles. The Hall–Kier alpha value is -0.796. The lowest BCUT2D eigenvalue weighted by atomic mass is 10.1. The van der Waals surface area contributed by atoms with E-state index in [4.69, 9.17) is 26.6 Å². The van der Waals surface area contributed by atoms with E-state index < -0.39 is 17.6 Å². The molecule has 0 N–H and O–H groups in total. The number of hydrogen-bond acceptors (Lipinski definition) is 8. The van der Waals surface area contributed by atoms with Gasteiger partial charge in [0.05, 0.1) is 0 Å². The van der Waals surface area contributed by atoms with Crippen LogP contribution in [0.5, 0.6) is 0 Å². The van der Waals surface area contributed by atoms with Crippen LogP contribution in [-0.4, -0.2) is 79.5 Å². The molecule has 206 valence electrons. The van der Waals surface area contributed by atoms with Gasteiger partial charge in [-0.3, -0.25) is 4.68 Å². The quantitative estimate of drug-likeness (QED) is 0.185. The van der Waals surface area contributed by atoms with Crippen molar-refractivity contribution in [1.82, 2.24) is 9.66 Å². The number of aromatic nitrogens is 2. The number of imidazole rings is 1. The summed E-state index contributed by atoms with van der Waals surface area (Å²) in [4.78, 5) is 4.32. The van der Waals surface area contributed by atoms with Crippen molar-refractivity contribution in [3.05, 3.63) is 18.7 Å². The summed E-state index contributed by atoms with van der Waals surface area (Å²) in [6, 6.07) is 1.86. The van der Waals surface area contributed by atoms with Crippen molar-refractivity contribution < 1.29 is 26.6 Å². The maximum atomic E-state index is 6.13. The van der Waals surface area contributed by atoms with Crippen LogP contribution in [0.25, 0.3) is 0 Å². The lowest BCUT2D eigenvalue weighted by Gasteiger charge is -2.37. The summed E-state index contributed by atoms with van der Waals surface area (Å²) in [5.41, 5.74) is 0. The molecule has 0 aliphatic heterocycles. The van der Waals surface area contributed by atoms with E-state index in [1.54, 1.807) is 0 Å². The minimum absolute atomic E-state index is 0.296. The molecule has 1 heterocycles. The predicted molar refractivity (Wildman–Crippen MR) is 144 cm³/mol. The highest BCUT2D eigenvalue weighted by Crippen LogP contribution is 2.24. The van der Waals surface area contributed by atoms with Crippen LogP contribution < -0.4 is 5.01 Å². The van der Waals surface area contributed by atoms with Crippen molar-refractivity contribution in [2.45, 2.75) is 92.3 Å². The molecule has 11 heteroatoms. The van der Waals surface area contributed by atoms with Crippen molar-refractivity contribution in [1.29, 1.82) is 0 Å². The van der Waals surface area contributed by atoms with E-state index in [0.717, 1.165) is 44.3 Å². The zero-order valence-electron chi connectivity index (χ0n) is 23.3. The van der Waals surface area contributed by atoms with Gasteiger partial charge >= 0.3 is 17.6 Å². The van der Waals surface area contributed by atoms with Crippen LogP contribution in [0.2, 0.25) is 12.1 Å². The Bertz CT molecular complexity index is 592. The Morgan fingerprint density at radius 1 is 0.714 bits per heavy atom. The zero-order valence-corrected chi connectivity index (χ0v) is 25.3. The Labute approximate surface area is 216 Å². The highest BCUT2D eigenvalue weighted by molar-refractivity contribution is 6.61. The molecular formula is C24H51N3O6Si2. The van der Waals surface area contributed by atoms with Crippen molar-refractivity contribution in [2.75, 3.05) is 51.2 Å². The van der Waals surface area contributed by atoms with Crippen LogP contribution in [0.4, 0.5) is 0 Å². The lowest BCUT2D eigenvalue weighted by Crippen LogP contribution is -2.50. The van der Waals surface area contributed by atoms with E-state index in [0.29, 0.717) is 45.7 Å². The van der Waals surface area contributed by atoms with E-state index in [1.165, 1.54) is 0 Å². The molecule has 9 nitrogen and oxygen atoms in total. The van der Waals surface area contributed by atoms with Gasteiger partial charge in [0.2, 0.25) is 0 Å². The second-order valence-electron chi connectivity index (χ2n) is 8.15. The molecule has 0 bridgehead atoms. The standard InChI is InChI=1S/C24H51N3O6Si2/c1-8-16-24(17-22-35(31-12-5,32-13-6)33-14-7)27(26-20-18-25-23-26)19-15-21-34(28-9-2,29-10-3)30-11-4/h18,20,23-24H,8-17,19,21-22H2,1-7H3. The van der Waals surface area contributed by atoms with Gasteiger partial charge in [-0.15, -0.1) is 0 Å². The normalized spacial score (nSPS) is 13.3. The van der Waals surface area contributed by atoms with E-state index in [-0.39, 0.29) is 0 Å². The maximum Gasteiger partial charge on any atom is 0.501 e. The number of hydrogen-bond donors (Lipinski definition) is 0. The Morgan fingerprint density at radius 3 is 1.60 bits per heavy atom. The Morgan fingerprint density at radius 2 is 1.20 bits per heavy atom. The molecule has 0 aromatic carbocycles. The molecule has 1 unspecified atom stereocenters. The minimum atomic E-state index is -2.72. The summed E-state index contributed by atoms with van der Waals surface area (Å²) in [6.45, 7) is 18.6. The Balaban J connectivity index is 3.05. The van der Waals surface area contributed by atoms with Gasteiger partial charge < -0.3 is 31.6 Å². The summed E-state index contributed by atoms with van der Waals surface area (Å²) in [5, 5.41) is 2.41. The van der Waals surface area contributed by atoms with Gasteiger partial charge in [-0.2, -0.15) is 0 Å². The Kier molecular flexibility index (Phi) is 17.0.